The minimum atomic E-state index is -3.69. The maximum atomic E-state index is 13.2. The number of aliphatic hydroxyl groups excluding tert-OH is 1. The minimum Gasteiger partial charge on any atom is -0.444 e. The monoisotopic (exact) mass is 588 g/mol. The molecule has 1 saturated heterocycles. The van der Waals surface area contributed by atoms with Crippen molar-refractivity contribution < 1.29 is 27.9 Å². The lowest BCUT2D eigenvalue weighted by Gasteiger charge is -2.34. The van der Waals surface area contributed by atoms with Crippen LogP contribution >= 0.6 is 0 Å². The summed E-state index contributed by atoms with van der Waals surface area (Å²) in [6.07, 6.45) is 7.45. The fourth-order valence-corrected chi connectivity index (χ4v) is 6.91. The first-order valence-electron chi connectivity index (χ1n) is 14.6. The number of piperidine rings is 1. The summed E-state index contributed by atoms with van der Waals surface area (Å²) in [7, 11) is -3.69. The molecular formula is C30H44N4O6S. The number of amidine groups is 1. The van der Waals surface area contributed by atoms with Gasteiger partial charge >= 0.3 is 6.09 Å². The molecule has 226 valence electrons. The molecule has 2 fully saturated rings. The molecule has 2 heterocycles. The summed E-state index contributed by atoms with van der Waals surface area (Å²) in [5.74, 6) is 1.02. The molecule has 3 aliphatic rings. The normalized spacial score (nSPS) is 20.3. The van der Waals surface area contributed by atoms with Gasteiger partial charge in [-0.1, -0.05) is 37.5 Å². The fraction of sp³-hybridized carbons (Fsp3) is 0.633. The van der Waals surface area contributed by atoms with E-state index in [1.165, 1.54) is 21.0 Å². The van der Waals surface area contributed by atoms with Crippen molar-refractivity contribution in [2.45, 2.75) is 90.3 Å². The van der Waals surface area contributed by atoms with Crippen molar-refractivity contribution in [3.8, 4) is 0 Å². The third-order valence-electron chi connectivity index (χ3n) is 8.05. The molecule has 2 aliphatic heterocycles. The Morgan fingerprint density at radius 3 is 2.51 bits per heavy atom. The number of carbonyl (C=O) groups is 2. The lowest BCUT2D eigenvalue weighted by molar-refractivity contribution is -0.125. The molecule has 1 aliphatic carbocycles. The van der Waals surface area contributed by atoms with E-state index in [4.69, 9.17) is 9.73 Å². The molecule has 0 aromatic heterocycles. The van der Waals surface area contributed by atoms with E-state index in [0.29, 0.717) is 18.8 Å². The van der Waals surface area contributed by atoms with Crippen LogP contribution in [0, 0.1) is 12.8 Å². The molecular weight excluding hydrogens is 544 g/mol. The molecule has 41 heavy (non-hydrogen) atoms. The van der Waals surface area contributed by atoms with Gasteiger partial charge in [0, 0.05) is 37.5 Å². The van der Waals surface area contributed by atoms with Crippen LogP contribution in [0.15, 0.2) is 28.6 Å². The fourth-order valence-electron chi connectivity index (χ4n) is 5.73. The van der Waals surface area contributed by atoms with E-state index in [9.17, 15) is 23.1 Å². The quantitative estimate of drug-likeness (QED) is 0.473. The smallest absolute Gasteiger partial charge is 0.410 e. The number of aliphatic imine (C=N–C) groups is 1. The average molecular weight is 589 g/mol. The van der Waals surface area contributed by atoms with Gasteiger partial charge in [0.2, 0.25) is 10.0 Å². The number of rotatable bonds is 8. The zero-order valence-corrected chi connectivity index (χ0v) is 25.5. The van der Waals surface area contributed by atoms with E-state index >= 15 is 0 Å². The van der Waals surface area contributed by atoms with Crippen LogP contribution in [0.3, 0.4) is 0 Å². The second-order valence-corrected chi connectivity index (χ2v) is 14.2. The molecule has 1 aromatic carbocycles. The largest absolute Gasteiger partial charge is 0.444 e. The number of carbonyl (C=O) groups excluding carboxylic acids is 2. The summed E-state index contributed by atoms with van der Waals surface area (Å²) in [6, 6.07) is 5.55. The van der Waals surface area contributed by atoms with Crippen LogP contribution in [0.1, 0.15) is 82.4 Å². The van der Waals surface area contributed by atoms with Crippen LogP contribution in [-0.2, 0) is 26.1 Å². The van der Waals surface area contributed by atoms with Crippen LogP contribution < -0.4 is 5.32 Å². The Morgan fingerprint density at radius 2 is 1.90 bits per heavy atom. The van der Waals surface area contributed by atoms with Crippen molar-refractivity contribution >= 4 is 33.9 Å². The highest BCUT2D eigenvalue weighted by atomic mass is 32.2. The molecule has 4 rings (SSSR count). The Hall–Kier alpha value is -2.76. The lowest BCUT2D eigenvalue weighted by atomic mass is 9.88. The summed E-state index contributed by atoms with van der Waals surface area (Å²) in [5, 5.41) is 13.6. The predicted molar refractivity (Wildman–Crippen MR) is 159 cm³/mol. The van der Waals surface area contributed by atoms with Crippen molar-refractivity contribution in [2.24, 2.45) is 10.9 Å². The Balaban J connectivity index is 1.38. The van der Waals surface area contributed by atoms with Gasteiger partial charge in [-0.2, -0.15) is 4.31 Å². The number of aryl methyl sites for hydroxylation is 1. The maximum Gasteiger partial charge on any atom is 0.410 e. The van der Waals surface area contributed by atoms with Gasteiger partial charge < -0.3 is 20.1 Å². The van der Waals surface area contributed by atoms with Crippen LogP contribution in [0.2, 0.25) is 0 Å². The van der Waals surface area contributed by atoms with Gasteiger partial charge in [0.1, 0.15) is 17.0 Å². The Morgan fingerprint density at radius 1 is 1.22 bits per heavy atom. The minimum absolute atomic E-state index is 0.0920. The van der Waals surface area contributed by atoms with Gasteiger partial charge in [0.05, 0.1) is 6.61 Å². The summed E-state index contributed by atoms with van der Waals surface area (Å²) in [5.41, 5.74) is 0.939. The molecule has 0 unspecified atom stereocenters. The number of benzene rings is 1. The van der Waals surface area contributed by atoms with Crippen molar-refractivity contribution in [2.75, 3.05) is 26.2 Å². The van der Waals surface area contributed by atoms with E-state index in [1.807, 2.05) is 25.1 Å². The number of hydrogen-bond donors (Lipinski definition) is 2. The zero-order valence-electron chi connectivity index (χ0n) is 24.7. The van der Waals surface area contributed by atoms with Gasteiger partial charge in [0.15, 0.2) is 0 Å². The molecule has 0 bridgehead atoms. The molecule has 0 radical (unpaired) electrons. The van der Waals surface area contributed by atoms with Gasteiger partial charge in [0.25, 0.3) is 5.91 Å². The Bertz CT molecular complexity index is 1290. The lowest BCUT2D eigenvalue weighted by Crippen LogP contribution is -2.50. The van der Waals surface area contributed by atoms with Gasteiger partial charge in [-0.3, -0.25) is 9.79 Å². The summed E-state index contributed by atoms with van der Waals surface area (Å²) in [6.45, 7) is 7.93. The Kier molecular flexibility index (Phi) is 9.60. The summed E-state index contributed by atoms with van der Waals surface area (Å²) in [4.78, 5) is 31.7. The number of aliphatic hydroxyl groups is 1. The number of amides is 2. The van der Waals surface area contributed by atoms with Crippen LogP contribution in [0.25, 0.3) is 6.08 Å². The van der Waals surface area contributed by atoms with E-state index in [0.717, 1.165) is 48.2 Å². The molecule has 1 aromatic rings. The van der Waals surface area contributed by atoms with Gasteiger partial charge in [-0.25, -0.2) is 13.2 Å². The van der Waals surface area contributed by atoms with Crippen molar-refractivity contribution in [3.63, 3.8) is 0 Å². The molecule has 2 amide bonds. The van der Waals surface area contributed by atoms with E-state index in [1.54, 1.807) is 26.8 Å². The highest BCUT2D eigenvalue weighted by molar-refractivity contribution is 7.92. The standard InChI is InChI=1S/C30H44N4O6S/c1-22-20-23(21-33(17-18-35)28(37)40-29(2,3)4)10-11-24(22)12-19-41(38,39)34-15-13-30(14-16-34)27(36)31-26(32-30)25-8-6-5-7-9-25/h10-12,19-20,25,35H,5-9,13-18,21H2,1-4H3,(H,31,32,36). The highest BCUT2D eigenvalue weighted by Gasteiger charge is 2.48. The number of nitrogens with one attached hydrogen (secondary N) is 1. The van der Waals surface area contributed by atoms with Gasteiger partial charge in [-0.05, 0) is 76.1 Å². The molecule has 0 atom stereocenters. The van der Waals surface area contributed by atoms with Crippen LogP contribution in [0.5, 0.6) is 0 Å². The van der Waals surface area contributed by atoms with E-state index in [2.05, 4.69) is 5.32 Å². The predicted octanol–water partition coefficient (Wildman–Crippen LogP) is 3.97. The zero-order chi connectivity index (χ0) is 29.8. The number of sulfonamides is 1. The second-order valence-electron chi connectivity index (χ2n) is 12.4. The average Bonchev–Trinajstić information content (AvgIpc) is 3.23. The van der Waals surface area contributed by atoms with Crippen molar-refractivity contribution in [1.29, 1.82) is 0 Å². The molecule has 10 nitrogen and oxygen atoms in total. The third-order valence-corrected chi connectivity index (χ3v) is 9.61. The maximum absolute atomic E-state index is 13.2. The van der Waals surface area contributed by atoms with E-state index < -0.39 is 27.3 Å². The number of nitrogens with zero attached hydrogens (tertiary/aromatic N) is 3. The van der Waals surface area contributed by atoms with Crippen LogP contribution in [0.4, 0.5) is 4.79 Å². The third kappa shape index (κ3) is 7.75. The first-order chi connectivity index (χ1) is 19.3. The Labute approximate surface area is 243 Å². The topological polar surface area (TPSA) is 129 Å². The number of hydrogen-bond acceptors (Lipinski definition) is 7. The molecule has 1 saturated carbocycles. The van der Waals surface area contributed by atoms with E-state index in [-0.39, 0.29) is 38.7 Å². The van der Waals surface area contributed by atoms with Crippen LogP contribution in [-0.4, -0.2) is 77.9 Å². The van der Waals surface area contributed by atoms with Crippen molar-refractivity contribution in [1.82, 2.24) is 14.5 Å². The van der Waals surface area contributed by atoms with Crippen molar-refractivity contribution in [3.05, 3.63) is 40.3 Å². The molecule has 11 heteroatoms. The van der Waals surface area contributed by atoms with Gasteiger partial charge in [-0.15, -0.1) is 0 Å². The SMILES string of the molecule is Cc1cc(CN(CCO)C(=O)OC(C)(C)C)ccc1C=CS(=O)(=O)N1CCC2(CC1)N=C(C1CCCCC1)NC2=O. The summed E-state index contributed by atoms with van der Waals surface area (Å²) < 4.78 is 33.2. The molecule has 1 spiro atoms. The number of ether oxygens (including phenoxy) is 1. The first-order valence-corrected chi connectivity index (χ1v) is 16.1. The first kappa shape index (κ1) is 31.2. The summed E-state index contributed by atoms with van der Waals surface area (Å²) >= 11 is 0. The molecule has 2 N–H and O–H groups in total. The second kappa shape index (κ2) is 12.6. The highest BCUT2D eigenvalue weighted by Crippen LogP contribution is 2.35.